The van der Waals surface area contributed by atoms with E-state index in [1.807, 2.05) is 17.5 Å². The lowest BCUT2D eigenvalue weighted by Crippen LogP contribution is -1.89. The highest BCUT2D eigenvalue weighted by molar-refractivity contribution is 7.17. The topological polar surface area (TPSA) is 18.5 Å². The van der Waals surface area contributed by atoms with Gasteiger partial charge < -0.3 is 9.47 Å². The van der Waals surface area contributed by atoms with Crippen molar-refractivity contribution in [3.8, 4) is 11.5 Å². The molecule has 0 atom stereocenters. The lowest BCUT2D eigenvalue weighted by molar-refractivity contribution is 0.356. The molecule has 2 rings (SSSR count). The van der Waals surface area contributed by atoms with Crippen molar-refractivity contribution in [2.75, 3.05) is 14.2 Å². The maximum atomic E-state index is 5.18. The van der Waals surface area contributed by atoms with Crippen LogP contribution < -0.4 is 9.47 Å². The quantitative estimate of drug-likeness (QED) is 0.730. The van der Waals surface area contributed by atoms with Crippen LogP contribution in [0.5, 0.6) is 11.5 Å². The number of hydrogen-bond acceptors (Lipinski definition) is 3. The molecular formula is C10H9O2S. The van der Waals surface area contributed by atoms with Crippen molar-refractivity contribution in [2.45, 2.75) is 0 Å². The first-order valence-corrected chi connectivity index (χ1v) is 4.74. The molecule has 0 unspecified atom stereocenters. The Kier molecular flexibility index (Phi) is 2.10. The average Bonchev–Trinajstić information content (AvgIpc) is 2.62. The van der Waals surface area contributed by atoms with Crippen molar-refractivity contribution in [3.05, 3.63) is 23.6 Å². The Bertz CT molecular complexity index is 382. The molecule has 0 spiro atoms. The molecule has 0 amide bonds. The molecule has 2 aromatic rings. The largest absolute Gasteiger partial charge is 0.493 e. The van der Waals surface area contributed by atoms with E-state index in [2.05, 4.69) is 6.07 Å². The lowest BCUT2D eigenvalue weighted by Gasteiger charge is -2.06. The lowest BCUT2D eigenvalue weighted by atomic mass is 10.2. The summed E-state index contributed by atoms with van der Waals surface area (Å²) in [6.07, 6.45) is 0. The molecule has 0 N–H and O–H groups in total. The third-order valence-electron chi connectivity index (χ3n) is 1.89. The van der Waals surface area contributed by atoms with Crippen LogP contribution in [-0.2, 0) is 0 Å². The van der Waals surface area contributed by atoms with E-state index in [0.29, 0.717) is 0 Å². The van der Waals surface area contributed by atoms with Crippen LogP contribution in [0, 0.1) is 6.07 Å². The summed E-state index contributed by atoms with van der Waals surface area (Å²) in [5.74, 6) is 1.52. The van der Waals surface area contributed by atoms with Gasteiger partial charge in [0.15, 0.2) is 11.5 Å². The molecular weight excluding hydrogens is 184 g/mol. The molecule has 1 radical (unpaired) electrons. The van der Waals surface area contributed by atoms with Gasteiger partial charge in [0.05, 0.1) is 14.2 Å². The minimum absolute atomic E-state index is 0.754. The summed E-state index contributed by atoms with van der Waals surface area (Å²) in [5.41, 5.74) is 0. The molecule has 0 saturated carbocycles. The standard InChI is InChI=1S/C10H9O2S/c1-11-8-5-7-3-4-13-10(7)6-9(8)12-2/h4-6H,1-2H3. The Hall–Kier alpha value is -1.22. The third kappa shape index (κ3) is 1.35. The summed E-state index contributed by atoms with van der Waals surface area (Å²) in [6.45, 7) is 0. The first-order valence-electron chi connectivity index (χ1n) is 3.86. The second kappa shape index (κ2) is 3.26. The minimum atomic E-state index is 0.754. The SMILES string of the molecule is COc1cc2[c]csc2cc1OC. The van der Waals surface area contributed by atoms with Crippen LogP contribution in [0.1, 0.15) is 0 Å². The zero-order valence-electron chi connectivity index (χ0n) is 7.46. The Labute approximate surface area is 80.7 Å². The molecule has 0 fully saturated rings. The number of benzene rings is 1. The molecule has 1 heterocycles. The van der Waals surface area contributed by atoms with E-state index in [1.54, 1.807) is 25.6 Å². The monoisotopic (exact) mass is 193 g/mol. The summed E-state index contributed by atoms with van der Waals surface area (Å²) < 4.78 is 11.5. The average molecular weight is 193 g/mol. The van der Waals surface area contributed by atoms with E-state index < -0.39 is 0 Å². The second-order valence-electron chi connectivity index (χ2n) is 2.58. The van der Waals surface area contributed by atoms with Crippen molar-refractivity contribution in [2.24, 2.45) is 0 Å². The Morgan fingerprint density at radius 1 is 1.15 bits per heavy atom. The summed E-state index contributed by atoms with van der Waals surface area (Å²) in [5, 5.41) is 3.01. The molecule has 2 nitrogen and oxygen atoms in total. The van der Waals surface area contributed by atoms with Gasteiger partial charge >= 0.3 is 0 Å². The normalized spacial score (nSPS) is 10.3. The zero-order valence-corrected chi connectivity index (χ0v) is 8.27. The van der Waals surface area contributed by atoms with Gasteiger partial charge in [-0.3, -0.25) is 0 Å². The molecule has 0 saturated heterocycles. The fourth-order valence-electron chi connectivity index (χ4n) is 1.23. The van der Waals surface area contributed by atoms with E-state index in [9.17, 15) is 0 Å². The van der Waals surface area contributed by atoms with Gasteiger partial charge in [-0.15, -0.1) is 11.3 Å². The van der Waals surface area contributed by atoms with Crippen LogP contribution in [-0.4, -0.2) is 14.2 Å². The molecule has 0 bridgehead atoms. The summed E-state index contributed by atoms with van der Waals surface area (Å²) >= 11 is 1.64. The second-order valence-corrected chi connectivity index (χ2v) is 3.49. The van der Waals surface area contributed by atoms with Crippen LogP contribution in [0.25, 0.3) is 10.1 Å². The van der Waals surface area contributed by atoms with E-state index >= 15 is 0 Å². The Morgan fingerprint density at radius 3 is 2.54 bits per heavy atom. The highest BCUT2D eigenvalue weighted by Crippen LogP contribution is 2.33. The maximum Gasteiger partial charge on any atom is 0.162 e. The van der Waals surface area contributed by atoms with Crippen molar-refractivity contribution < 1.29 is 9.47 Å². The predicted octanol–water partition coefficient (Wildman–Crippen LogP) is 2.72. The van der Waals surface area contributed by atoms with Crippen LogP contribution in [0.2, 0.25) is 0 Å². The fourth-order valence-corrected chi connectivity index (χ4v) is 1.96. The van der Waals surface area contributed by atoms with Crippen LogP contribution in [0.3, 0.4) is 0 Å². The van der Waals surface area contributed by atoms with Crippen molar-refractivity contribution in [1.82, 2.24) is 0 Å². The van der Waals surface area contributed by atoms with Gasteiger partial charge in [0.2, 0.25) is 0 Å². The molecule has 67 valence electrons. The van der Waals surface area contributed by atoms with Gasteiger partial charge in [-0.1, -0.05) is 0 Å². The van der Waals surface area contributed by atoms with Crippen molar-refractivity contribution in [3.63, 3.8) is 0 Å². The number of hydrogen-bond donors (Lipinski definition) is 0. The molecule has 1 aromatic carbocycles. The first kappa shape index (κ1) is 8.38. The molecule has 0 aliphatic carbocycles. The van der Waals surface area contributed by atoms with E-state index in [1.165, 1.54) is 0 Å². The number of ether oxygens (including phenoxy) is 2. The number of rotatable bonds is 2. The van der Waals surface area contributed by atoms with Gasteiger partial charge in [0, 0.05) is 22.2 Å². The van der Waals surface area contributed by atoms with E-state index in [0.717, 1.165) is 21.6 Å². The van der Waals surface area contributed by atoms with Crippen molar-refractivity contribution >= 4 is 21.4 Å². The highest BCUT2D eigenvalue weighted by atomic mass is 32.1. The van der Waals surface area contributed by atoms with Crippen molar-refractivity contribution in [1.29, 1.82) is 0 Å². The van der Waals surface area contributed by atoms with E-state index in [4.69, 9.17) is 9.47 Å². The highest BCUT2D eigenvalue weighted by Gasteiger charge is 2.05. The van der Waals surface area contributed by atoms with Gasteiger partial charge in [0.1, 0.15) is 0 Å². The fraction of sp³-hybridized carbons (Fsp3) is 0.200. The number of methoxy groups -OCH3 is 2. The Balaban J connectivity index is 2.67. The van der Waals surface area contributed by atoms with Gasteiger partial charge in [-0.25, -0.2) is 0 Å². The zero-order chi connectivity index (χ0) is 9.26. The first-order chi connectivity index (χ1) is 6.35. The molecule has 1 aromatic heterocycles. The summed E-state index contributed by atoms with van der Waals surface area (Å²) in [7, 11) is 3.27. The van der Waals surface area contributed by atoms with E-state index in [-0.39, 0.29) is 0 Å². The molecule has 3 heteroatoms. The summed E-state index contributed by atoms with van der Waals surface area (Å²) in [6, 6.07) is 7.03. The summed E-state index contributed by atoms with van der Waals surface area (Å²) in [4.78, 5) is 0. The van der Waals surface area contributed by atoms with Crippen LogP contribution in [0.15, 0.2) is 17.5 Å². The Morgan fingerprint density at radius 2 is 1.85 bits per heavy atom. The molecule has 0 aliphatic rings. The predicted molar refractivity (Wildman–Crippen MR) is 53.8 cm³/mol. The van der Waals surface area contributed by atoms with Gasteiger partial charge in [-0.05, 0) is 11.4 Å². The number of thiophene rings is 1. The van der Waals surface area contributed by atoms with Crippen LogP contribution in [0.4, 0.5) is 0 Å². The molecule has 13 heavy (non-hydrogen) atoms. The number of fused-ring (bicyclic) bond motifs is 1. The van der Waals surface area contributed by atoms with Crippen LogP contribution >= 0.6 is 11.3 Å². The van der Waals surface area contributed by atoms with Gasteiger partial charge in [-0.2, -0.15) is 0 Å². The third-order valence-corrected chi connectivity index (χ3v) is 2.71. The minimum Gasteiger partial charge on any atom is -0.493 e. The molecule has 0 aliphatic heterocycles. The smallest absolute Gasteiger partial charge is 0.162 e. The van der Waals surface area contributed by atoms with Gasteiger partial charge in [0.25, 0.3) is 0 Å². The maximum absolute atomic E-state index is 5.18.